The van der Waals surface area contributed by atoms with E-state index in [9.17, 15) is 14.4 Å². The van der Waals surface area contributed by atoms with E-state index in [1.54, 1.807) is 4.90 Å². The molecule has 2 aromatic rings. The van der Waals surface area contributed by atoms with Crippen molar-refractivity contribution in [3.05, 3.63) is 59.2 Å². The summed E-state index contributed by atoms with van der Waals surface area (Å²) in [6, 6.07) is 13.5. The molecule has 0 saturated carbocycles. The fourth-order valence-corrected chi connectivity index (χ4v) is 3.72. The molecule has 126 valence electrons. The number of benzene rings is 2. The van der Waals surface area contributed by atoms with E-state index < -0.39 is 6.04 Å². The average molecular weight is 334 g/mol. The highest BCUT2D eigenvalue weighted by Gasteiger charge is 2.39. The van der Waals surface area contributed by atoms with Crippen LogP contribution in [0.3, 0.4) is 0 Å². The third-order valence-electron chi connectivity index (χ3n) is 4.93. The van der Waals surface area contributed by atoms with Gasteiger partial charge in [-0.2, -0.15) is 0 Å². The number of imide groups is 1. The number of hydrogen-bond acceptors (Lipinski definition) is 3. The lowest BCUT2D eigenvalue weighted by atomic mass is 9.96. The average Bonchev–Trinajstić information content (AvgIpc) is 2.93. The maximum atomic E-state index is 12.9. The van der Waals surface area contributed by atoms with Crippen molar-refractivity contribution in [1.29, 1.82) is 0 Å². The largest absolute Gasteiger partial charge is 0.322 e. The third-order valence-corrected chi connectivity index (χ3v) is 4.93. The maximum Gasteiger partial charge on any atom is 0.255 e. The van der Waals surface area contributed by atoms with Crippen molar-refractivity contribution in [1.82, 2.24) is 10.2 Å². The van der Waals surface area contributed by atoms with Crippen LogP contribution in [-0.4, -0.2) is 28.7 Å². The summed E-state index contributed by atoms with van der Waals surface area (Å²) in [6.07, 6.45) is 0.653. The van der Waals surface area contributed by atoms with Gasteiger partial charge in [-0.3, -0.25) is 19.7 Å². The Bertz CT molecular complexity index is 889. The minimum atomic E-state index is -0.572. The van der Waals surface area contributed by atoms with Crippen LogP contribution in [0.15, 0.2) is 42.5 Å². The topological polar surface area (TPSA) is 66.5 Å². The van der Waals surface area contributed by atoms with Gasteiger partial charge < -0.3 is 4.90 Å². The van der Waals surface area contributed by atoms with E-state index in [-0.39, 0.29) is 24.1 Å². The Hall–Kier alpha value is -2.95. The zero-order chi connectivity index (χ0) is 17.6. The third kappa shape index (κ3) is 2.61. The Kier molecular flexibility index (Phi) is 3.64. The van der Waals surface area contributed by atoms with Gasteiger partial charge in [0.05, 0.1) is 0 Å². The number of piperidine rings is 1. The van der Waals surface area contributed by atoms with Crippen molar-refractivity contribution in [3.63, 3.8) is 0 Å². The molecule has 0 radical (unpaired) electrons. The van der Waals surface area contributed by atoms with Gasteiger partial charge in [-0.15, -0.1) is 0 Å². The predicted molar refractivity (Wildman–Crippen MR) is 92.7 cm³/mol. The van der Waals surface area contributed by atoms with Gasteiger partial charge in [0.15, 0.2) is 0 Å². The number of nitrogens with one attached hydrogen (secondary N) is 1. The van der Waals surface area contributed by atoms with E-state index >= 15 is 0 Å². The minimum Gasteiger partial charge on any atom is -0.322 e. The Morgan fingerprint density at radius 1 is 1.04 bits per heavy atom. The number of fused-ring (bicyclic) bond motifs is 1. The summed E-state index contributed by atoms with van der Waals surface area (Å²) in [7, 11) is 0. The molecule has 5 nitrogen and oxygen atoms in total. The summed E-state index contributed by atoms with van der Waals surface area (Å²) in [6.45, 7) is 2.33. The normalized spacial score (nSPS) is 19.8. The first-order chi connectivity index (χ1) is 12.0. The molecule has 2 aliphatic heterocycles. The molecule has 0 bridgehead atoms. The zero-order valence-electron chi connectivity index (χ0n) is 13.9. The number of carbonyl (C=O) groups excluding carboxylic acids is 3. The number of aryl methyl sites for hydroxylation is 1. The van der Waals surface area contributed by atoms with Crippen molar-refractivity contribution in [2.45, 2.75) is 32.4 Å². The van der Waals surface area contributed by atoms with Gasteiger partial charge in [-0.05, 0) is 41.7 Å². The lowest BCUT2D eigenvalue weighted by Crippen LogP contribution is -2.52. The molecule has 1 fully saturated rings. The Balaban J connectivity index is 1.68. The summed E-state index contributed by atoms with van der Waals surface area (Å²) >= 11 is 0. The van der Waals surface area contributed by atoms with Crippen molar-refractivity contribution in [2.24, 2.45) is 0 Å². The van der Waals surface area contributed by atoms with E-state index in [4.69, 9.17) is 0 Å². The van der Waals surface area contributed by atoms with E-state index in [1.807, 2.05) is 49.4 Å². The van der Waals surface area contributed by atoms with Crippen LogP contribution in [0.2, 0.25) is 0 Å². The Labute approximate surface area is 145 Å². The minimum absolute atomic E-state index is 0.124. The molecule has 25 heavy (non-hydrogen) atoms. The number of amides is 3. The van der Waals surface area contributed by atoms with Crippen LogP contribution in [0.4, 0.5) is 0 Å². The van der Waals surface area contributed by atoms with Gasteiger partial charge >= 0.3 is 0 Å². The second-order valence-electron chi connectivity index (χ2n) is 6.59. The number of rotatable bonds is 2. The van der Waals surface area contributed by atoms with Gasteiger partial charge in [0.1, 0.15) is 6.04 Å². The molecule has 4 rings (SSSR count). The van der Waals surface area contributed by atoms with Crippen molar-refractivity contribution < 1.29 is 14.4 Å². The van der Waals surface area contributed by atoms with E-state index in [0.29, 0.717) is 18.5 Å². The second kappa shape index (κ2) is 5.84. The molecule has 1 atom stereocenters. The van der Waals surface area contributed by atoms with Gasteiger partial charge in [0.2, 0.25) is 11.8 Å². The van der Waals surface area contributed by atoms with E-state index in [0.717, 1.165) is 22.3 Å². The van der Waals surface area contributed by atoms with Gasteiger partial charge in [0.25, 0.3) is 5.91 Å². The first-order valence-electron chi connectivity index (χ1n) is 8.38. The molecule has 3 amide bonds. The van der Waals surface area contributed by atoms with Gasteiger partial charge in [-0.25, -0.2) is 0 Å². The zero-order valence-corrected chi connectivity index (χ0v) is 13.9. The van der Waals surface area contributed by atoms with Crippen molar-refractivity contribution >= 4 is 17.7 Å². The van der Waals surface area contributed by atoms with Crippen LogP contribution in [0.5, 0.6) is 0 Å². The highest BCUT2D eigenvalue weighted by molar-refractivity contribution is 6.06. The van der Waals surface area contributed by atoms with E-state index in [2.05, 4.69) is 5.32 Å². The molecule has 1 unspecified atom stereocenters. The van der Waals surface area contributed by atoms with E-state index in [1.165, 1.54) is 0 Å². The second-order valence-corrected chi connectivity index (χ2v) is 6.59. The van der Waals surface area contributed by atoms with Crippen LogP contribution in [-0.2, 0) is 16.1 Å². The molecule has 2 aromatic carbocycles. The Morgan fingerprint density at radius 2 is 1.80 bits per heavy atom. The molecule has 0 aromatic heterocycles. The van der Waals surface area contributed by atoms with Crippen LogP contribution >= 0.6 is 0 Å². The SMILES string of the molecule is Cc1cc(-c2ccccc2)cc2c1C(=O)N(C1CCC(=O)NC1=O)C2. The molecule has 1 saturated heterocycles. The lowest BCUT2D eigenvalue weighted by molar-refractivity contribution is -0.136. The highest BCUT2D eigenvalue weighted by atomic mass is 16.2. The van der Waals surface area contributed by atoms with Crippen LogP contribution in [0.25, 0.3) is 11.1 Å². The molecule has 2 heterocycles. The molecular weight excluding hydrogens is 316 g/mol. The quantitative estimate of drug-likeness (QED) is 0.858. The molecule has 0 aliphatic carbocycles. The number of carbonyl (C=O) groups is 3. The van der Waals surface area contributed by atoms with Crippen molar-refractivity contribution in [2.75, 3.05) is 0 Å². The highest BCUT2D eigenvalue weighted by Crippen LogP contribution is 2.33. The Morgan fingerprint density at radius 3 is 2.52 bits per heavy atom. The summed E-state index contributed by atoms with van der Waals surface area (Å²) in [4.78, 5) is 37.9. The maximum absolute atomic E-state index is 12.9. The monoisotopic (exact) mass is 334 g/mol. The van der Waals surface area contributed by atoms with Crippen LogP contribution in [0, 0.1) is 6.92 Å². The lowest BCUT2D eigenvalue weighted by Gasteiger charge is -2.29. The van der Waals surface area contributed by atoms with Crippen molar-refractivity contribution in [3.8, 4) is 11.1 Å². The summed E-state index contributed by atoms with van der Waals surface area (Å²) in [5.74, 6) is -0.770. The standard InChI is InChI=1S/C20H18N2O3/c1-12-9-14(13-5-3-2-4-6-13)10-15-11-22(20(25)18(12)15)16-7-8-17(23)21-19(16)24/h2-6,9-10,16H,7-8,11H2,1H3,(H,21,23,24). The number of nitrogens with zero attached hydrogens (tertiary/aromatic N) is 1. The summed E-state index contributed by atoms with van der Waals surface area (Å²) in [5, 5.41) is 2.33. The fourth-order valence-electron chi connectivity index (χ4n) is 3.72. The molecular formula is C20H18N2O3. The first kappa shape index (κ1) is 15.6. The smallest absolute Gasteiger partial charge is 0.255 e. The summed E-state index contributed by atoms with van der Waals surface area (Å²) < 4.78 is 0. The number of hydrogen-bond donors (Lipinski definition) is 1. The molecule has 1 N–H and O–H groups in total. The van der Waals surface area contributed by atoms with Crippen LogP contribution in [0.1, 0.15) is 34.3 Å². The molecule has 0 spiro atoms. The summed E-state index contributed by atoms with van der Waals surface area (Å²) in [5.41, 5.74) is 4.70. The van der Waals surface area contributed by atoms with Gasteiger partial charge in [0, 0.05) is 18.5 Å². The fraction of sp³-hybridized carbons (Fsp3) is 0.250. The van der Waals surface area contributed by atoms with Crippen LogP contribution < -0.4 is 5.32 Å². The van der Waals surface area contributed by atoms with Gasteiger partial charge in [-0.1, -0.05) is 36.4 Å². The predicted octanol–water partition coefficient (Wildman–Crippen LogP) is 2.42. The first-order valence-corrected chi connectivity index (χ1v) is 8.38. The molecule has 5 heteroatoms. The molecule has 2 aliphatic rings.